The highest BCUT2D eigenvalue weighted by Crippen LogP contribution is 2.20. The topological polar surface area (TPSA) is 42.4 Å². The lowest BCUT2D eigenvalue weighted by Crippen LogP contribution is -2.42. The number of nitrogens with two attached hydrogens (primary N) is 1. The van der Waals surface area contributed by atoms with E-state index in [1.54, 1.807) is 12.5 Å². The van der Waals surface area contributed by atoms with E-state index in [2.05, 4.69) is 32.7 Å². The van der Waals surface area contributed by atoms with Gasteiger partial charge in [-0.1, -0.05) is 13.8 Å². The Hall–Kier alpha value is -0.800. The third-order valence-corrected chi connectivity index (χ3v) is 2.94. The van der Waals surface area contributed by atoms with Gasteiger partial charge in [-0.15, -0.1) is 0 Å². The molecule has 0 saturated carbocycles. The highest BCUT2D eigenvalue weighted by molar-refractivity contribution is 5.04. The Balaban J connectivity index is 2.45. The van der Waals surface area contributed by atoms with Crippen molar-refractivity contribution in [3.05, 3.63) is 24.2 Å². The van der Waals surface area contributed by atoms with Gasteiger partial charge < -0.3 is 15.1 Å². The Morgan fingerprint density at radius 3 is 2.67 bits per heavy atom. The first kappa shape index (κ1) is 12.3. The summed E-state index contributed by atoms with van der Waals surface area (Å²) in [5.41, 5.74) is 7.29. The first-order valence-electron chi connectivity index (χ1n) is 5.37. The van der Waals surface area contributed by atoms with E-state index >= 15 is 0 Å². The van der Waals surface area contributed by atoms with Gasteiger partial charge >= 0.3 is 0 Å². The number of rotatable bonds is 5. The maximum Gasteiger partial charge on any atom is 0.0947 e. The minimum absolute atomic E-state index is 0.137. The Bertz CT molecular complexity index is 278. The Morgan fingerprint density at radius 2 is 2.20 bits per heavy atom. The van der Waals surface area contributed by atoms with Crippen LogP contribution in [0.15, 0.2) is 23.0 Å². The van der Waals surface area contributed by atoms with Crippen LogP contribution in [-0.4, -0.2) is 24.5 Å². The zero-order valence-corrected chi connectivity index (χ0v) is 10.2. The van der Waals surface area contributed by atoms with Gasteiger partial charge in [0, 0.05) is 24.7 Å². The standard InChI is InChI=1S/C12H22N2O/c1-10(13)12(2,3)9-14(4)7-11-5-6-15-8-11/h5-6,8,10H,7,9,13H2,1-4H3. The van der Waals surface area contributed by atoms with E-state index in [-0.39, 0.29) is 11.5 Å². The number of furan rings is 1. The molecule has 3 nitrogen and oxygen atoms in total. The molecule has 1 atom stereocenters. The molecule has 0 amide bonds. The molecule has 1 aromatic rings. The normalized spacial score (nSPS) is 14.5. The van der Waals surface area contributed by atoms with E-state index in [0.29, 0.717) is 0 Å². The molecule has 0 fully saturated rings. The predicted molar refractivity (Wildman–Crippen MR) is 62.5 cm³/mol. The molecule has 0 spiro atoms. The average molecular weight is 210 g/mol. The van der Waals surface area contributed by atoms with Gasteiger partial charge in [0.25, 0.3) is 0 Å². The lowest BCUT2D eigenvalue weighted by molar-refractivity contribution is 0.178. The zero-order chi connectivity index (χ0) is 11.5. The zero-order valence-electron chi connectivity index (χ0n) is 10.2. The summed E-state index contributed by atoms with van der Waals surface area (Å²) in [6.45, 7) is 8.35. The van der Waals surface area contributed by atoms with Crippen molar-refractivity contribution in [2.24, 2.45) is 11.1 Å². The number of hydrogen-bond donors (Lipinski definition) is 1. The molecule has 0 aliphatic carbocycles. The van der Waals surface area contributed by atoms with Crippen LogP contribution >= 0.6 is 0 Å². The van der Waals surface area contributed by atoms with Gasteiger partial charge in [0.1, 0.15) is 0 Å². The van der Waals surface area contributed by atoms with Gasteiger partial charge in [0.2, 0.25) is 0 Å². The van der Waals surface area contributed by atoms with Crippen molar-refractivity contribution in [1.29, 1.82) is 0 Å². The molecule has 15 heavy (non-hydrogen) atoms. The molecule has 1 heterocycles. The molecule has 86 valence electrons. The SMILES string of the molecule is CC(N)C(C)(C)CN(C)Cc1ccoc1. The summed E-state index contributed by atoms with van der Waals surface area (Å²) in [6.07, 6.45) is 3.50. The predicted octanol–water partition coefficient (Wildman–Crippen LogP) is 2.08. The highest BCUT2D eigenvalue weighted by Gasteiger charge is 2.24. The van der Waals surface area contributed by atoms with Crippen LogP contribution in [0.4, 0.5) is 0 Å². The molecule has 1 unspecified atom stereocenters. The van der Waals surface area contributed by atoms with Gasteiger partial charge in [0.05, 0.1) is 12.5 Å². The van der Waals surface area contributed by atoms with Crippen molar-refractivity contribution < 1.29 is 4.42 Å². The first-order valence-corrected chi connectivity index (χ1v) is 5.37. The second-order valence-corrected chi connectivity index (χ2v) is 5.08. The maximum absolute atomic E-state index is 5.95. The van der Waals surface area contributed by atoms with Crippen LogP contribution in [0.25, 0.3) is 0 Å². The van der Waals surface area contributed by atoms with E-state index in [1.165, 1.54) is 5.56 Å². The van der Waals surface area contributed by atoms with Crippen molar-refractivity contribution in [2.75, 3.05) is 13.6 Å². The number of hydrogen-bond acceptors (Lipinski definition) is 3. The van der Waals surface area contributed by atoms with E-state index in [9.17, 15) is 0 Å². The fourth-order valence-electron chi connectivity index (χ4n) is 1.59. The van der Waals surface area contributed by atoms with Crippen LogP contribution < -0.4 is 5.73 Å². The van der Waals surface area contributed by atoms with Gasteiger partial charge in [-0.3, -0.25) is 0 Å². The molecule has 1 rings (SSSR count). The van der Waals surface area contributed by atoms with Crippen LogP contribution in [0, 0.1) is 5.41 Å². The lowest BCUT2D eigenvalue weighted by atomic mass is 9.85. The molecule has 0 aliphatic rings. The van der Waals surface area contributed by atoms with Gasteiger partial charge in [-0.2, -0.15) is 0 Å². The van der Waals surface area contributed by atoms with Crippen molar-refractivity contribution in [3.8, 4) is 0 Å². The van der Waals surface area contributed by atoms with Crippen LogP contribution in [0.2, 0.25) is 0 Å². The summed E-state index contributed by atoms with van der Waals surface area (Å²) in [4.78, 5) is 2.27. The second-order valence-electron chi connectivity index (χ2n) is 5.08. The van der Waals surface area contributed by atoms with Gasteiger partial charge in [0.15, 0.2) is 0 Å². The first-order chi connectivity index (χ1) is 6.92. The molecule has 0 aliphatic heterocycles. The molecule has 0 bridgehead atoms. The van der Waals surface area contributed by atoms with Crippen LogP contribution in [0.5, 0.6) is 0 Å². The van der Waals surface area contributed by atoms with Crippen molar-refractivity contribution >= 4 is 0 Å². The third-order valence-electron chi connectivity index (χ3n) is 2.94. The quantitative estimate of drug-likeness (QED) is 0.809. The monoisotopic (exact) mass is 210 g/mol. The maximum atomic E-state index is 5.95. The summed E-state index contributed by atoms with van der Waals surface area (Å²) in [5.74, 6) is 0. The minimum Gasteiger partial charge on any atom is -0.472 e. The van der Waals surface area contributed by atoms with Crippen LogP contribution in [0.1, 0.15) is 26.3 Å². The van der Waals surface area contributed by atoms with Crippen LogP contribution in [-0.2, 0) is 6.54 Å². The molecule has 3 heteroatoms. The fraction of sp³-hybridized carbons (Fsp3) is 0.667. The lowest BCUT2D eigenvalue weighted by Gasteiger charge is -2.33. The van der Waals surface area contributed by atoms with Crippen molar-refractivity contribution in [2.45, 2.75) is 33.4 Å². The molecular formula is C12H22N2O. The second kappa shape index (κ2) is 4.81. The minimum atomic E-state index is 0.137. The molecule has 0 radical (unpaired) electrons. The summed E-state index contributed by atoms with van der Waals surface area (Å²) in [5, 5.41) is 0. The fourth-order valence-corrected chi connectivity index (χ4v) is 1.59. The van der Waals surface area contributed by atoms with Crippen LogP contribution in [0.3, 0.4) is 0 Å². The molecule has 0 saturated heterocycles. The highest BCUT2D eigenvalue weighted by atomic mass is 16.3. The van der Waals surface area contributed by atoms with E-state index < -0.39 is 0 Å². The molecule has 2 N–H and O–H groups in total. The van der Waals surface area contributed by atoms with E-state index in [1.807, 2.05) is 6.07 Å². The smallest absolute Gasteiger partial charge is 0.0947 e. The molecule has 0 aromatic carbocycles. The summed E-state index contributed by atoms with van der Waals surface area (Å²) < 4.78 is 5.04. The molecule has 1 aromatic heterocycles. The van der Waals surface area contributed by atoms with Crippen molar-refractivity contribution in [1.82, 2.24) is 4.90 Å². The van der Waals surface area contributed by atoms with E-state index in [4.69, 9.17) is 10.2 Å². The largest absolute Gasteiger partial charge is 0.472 e. The summed E-state index contributed by atoms with van der Waals surface area (Å²) in [7, 11) is 2.11. The number of nitrogens with zero attached hydrogens (tertiary/aromatic N) is 1. The average Bonchev–Trinajstić information content (AvgIpc) is 2.54. The summed E-state index contributed by atoms with van der Waals surface area (Å²) in [6, 6.07) is 2.19. The summed E-state index contributed by atoms with van der Waals surface area (Å²) >= 11 is 0. The Kier molecular flexibility index (Phi) is 3.94. The van der Waals surface area contributed by atoms with Gasteiger partial charge in [-0.05, 0) is 25.5 Å². The van der Waals surface area contributed by atoms with Crippen molar-refractivity contribution in [3.63, 3.8) is 0 Å². The Morgan fingerprint density at radius 1 is 1.53 bits per heavy atom. The van der Waals surface area contributed by atoms with E-state index in [0.717, 1.165) is 13.1 Å². The third kappa shape index (κ3) is 3.68. The molecular weight excluding hydrogens is 188 g/mol. The Labute approximate surface area is 92.2 Å². The van der Waals surface area contributed by atoms with Gasteiger partial charge in [-0.25, -0.2) is 0 Å².